The van der Waals surface area contributed by atoms with Crippen molar-refractivity contribution in [2.75, 3.05) is 41.4 Å². The maximum Gasteiger partial charge on any atom is 0.264 e. The second kappa shape index (κ2) is 31.7. The number of ether oxygens (including phenoxy) is 1. The lowest BCUT2D eigenvalue weighted by Gasteiger charge is -2.28. The minimum atomic E-state index is -4.14. The van der Waals surface area contributed by atoms with Crippen LogP contribution in [0.2, 0.25) is 0 Å². The number of rotatable bonds is 27. The second-order valence-electron chi connectivity index (χ2n) is 31.9. The molecular formula is C91H104N7O9S3+. The molecule has 0 radical (unpaired) electrons. The predicted molar refractivity (Wildman–Crippen MR) is 450 cm³/mol. The summed E-state index contributed by atoms with van der Waals surface area (Å²) < 4.78 is 76.4. The zero-order valence-corrected chi connectivity index (χ0v) is 67.9. The first kappa shape index (κ1) is 77.9. The molecule has 5 N–H and O–H groups in total. The molecule has 8 bridgehead atoms. The van der Waals surface area contributed by atoms with E-state index in [1.165, 1.54) is 17.5 Å². The van der Waals surface area contributed by atoms with Crippen molar-refractivity contribution in [3.63, 3.8) is 0 Å². The van der Waals surface area contributed by atoms with E-state index in [0.29, 0.717) is 63.1 Å². The van der Waals surface area contributed by atoms with Crippen molar-refractivity contribution in [2.45, 2.75) is 206 Å². The topological polar surface area (TPSA) is 228 Å². The Morgan fingerprint density at radius 1 is 0.755 bits per heavy atom. The molecule has 16 nitrogen and oxygen atoms in total. The number of carbonyl (C=O) groups excluding carboxylic acids is 2. The van der Waals surface area contributed by atoms with E-state index < -0.39 is 31.1 Å². The third-order valence-electron chi connectivity index (χ3n) is 23.9. The first-order valence-electron chi connectivity index (χ1n) is 39.5. The molecule has 0 spiro atoms. The number of nitrogens with zero attached hydrogens (tertiary/aromatic N) is 4. The number of aryl methyl sites for hydroxylation is 2. The van der Waals surface area contributed by atoms with E-state index in [1.807, 2.05) is 19.1 Å². The van der Waals surface area contributed by atoms with Crippen molar-refractivity contribution < 1.29 is 44.8 Å². The minimum absolute atomic E-state index is 0.0533. The molecule has 0 saturated heterocycles. The van der Waals surface area contributed by atoms with Crippen molar-refractivity contribution in [1.82, 2.24) is 19.9 Å². The van der Waals surface area contributed by atoms with Gasteiger partial charge in [0.05, 0.1) is 45.6 Å². The number of thioether (sulfide) groups is 1. The standard InChI is InChI=1S/C91H103N7O9S3/c1-12-14-15-22-48-107-59(7)83-57(5)73-52-72-56(4)67(87(95-72)70-51-79(99)84-58(6)74(96-88(70)84)53-75-66(13-2)55(3)71(93-75)54-76(83)94-73)40-45-82(100)92-64-36-38-65(39-37-64)108-89-62(34-43-80-90(8,9)85-68-30-18-16-26-60(68)32-41-77(85)97(80)46-20-23-49-109(101,102)103)28-25-29-63(89)35-44-81-91(10,11)86-69-31-19-17-27-61(69)33-42-78(86)98(81)47-21-24-50-110(104,105)106/h16-19,26-27,30-39,41-44,52-54,56,59,67H,12-15,20-25,28-29,40,45-51H2,1-11H3,(H4-,92,93,94,95,96,99,100,101,102,103,104,105,106)/p+1. The molecule has 7 heterocycles. The number of unbranched alkanes of at least 4 members (excludes halogenated alkanes) is 5. The van der Waals surface area contributed by atoms with Gasteiger partial charge in [-0.1, -0.05) is 132 Å². The van der Waals surface area contributed by atoms with E-state index in [-0.39, 0.29) is 54.0 Å². The van der Waals surface area contributed by atoms with Crippen LogP contribution in [0.3, 0.4) is 0 Å². The van der Waals surface area contributed by atoms with Gasteiger partial charge in [-0.2, -0.15) is 21.4 Å². The van der Waals surface area contributed by atoms with Crippen molar-refractivity contribution in [1.29, 1.82) is 0 Å². The van der Waals surface area contributed by atoms with Gasteiger partial charge in [-0.15, -0.1) is 0 Å². The molecule has 3 unspecified atom stereocenters. The first-order valence-corrected chi connectivity index (χ1v) is 43.6. The van der Waals surface area contributed by atoms with E-state index in [0.717, 1.165) is 188 Å². The van der Waals surface area contributed by atoms with E-state index in [9.17, 15) is 35.5 Å². The first-order chi connectivity index (χ1) is 52.6. The monoisotopic (exact) mass is 1530 g/mol. The zero-order valence-electron chi connectivity index (χ0n) is 65.4. The Bertz CT molecular complexity index is 5650. The van der Waals surface area contributed by atoms with Crippen LogP contribution in [0.25, 0.3) is 54.8 Å². The summed E-state index contributed by atoms with van der Waals surface area (Å²) in [6, 6.07) is 40.1. The molecule has 3 aromatic heterocycles. The fourth-order valence-electron chi connectivity index (χ4n) is 18.2. The smallest absolute Gasteiger partial charge is 0.264 e. The lowest BCUT2D eigenvalue weighted by molar-refractivity contribution is -0.438. The number of amides is 1. The van der Waals surface area contributed by atoms with Gasteiger partial charge in [-0.3, -0.25) is 23.7 Å². The molecule has 19 heteroatoms. The minimum Gasteiger partial charge on any atom is -0.374 e. The van der Waals surface area contributed by atoms with Crippen molar-refractivity contribution in [3.8, 4) is 0 Å². The molecule has 4 aliphatic heterocycles. The summed E-state index contributed by atoms with van der Waals surface area (Å²) in [4.78, 5) is 51.7. The van der Waals surface area contributed by atoms with Gasteiger partial charge >= 0.3 is 0 Å². The van der Waals surface area contributed by atoms with Gasteiger partial charge in [0.1, 0.15) is 6.54 Å². The average Bonchev–Trinajstić information content (AvgIpc) is 1.58. The van der Waals surface area contributed by atoms with Crippen LogP contribution in [0.15, 0.2) is 166 Å². The van der Waals surface area contributed by atoms with Crippen LogP contribution in [-0.2, 0) is 47.0 Å². The number of aromatic amines is 2. The second-order valence-corrected chi connectivity index (χ2v) is 36.2. The quantitative estimate of drug-likeness (QED) is 0.0184. The Kier molecular flexibility index (Phi) is 22.5. The molecule has 0 saturated carbocycles. The number of hydrogen-bond acceptors (Lipinski definition) is 11. The number of fused-ring (bicyclic) bond motifs is 14. The van der Waals surface area contributed by atoms with Gasteiger partial charge in [0, 0.05) is 133 Å². The van der Waals surface area contributed by atoms with E-state index >= 15 is 0 Å². The van der Waals surface area contributed by atoms with E-state index in [4.69, 9.17) is 14.7 Å². The van der Waals surface area contributed by atoms with Crippen molar-refractivity contribution in [3.05, 3.63) is 223 Å². The molecule has 3 atom stereocenters. The maximum atomic E-state index is 14.6. The molecule has 14 rings (SSSR count). The van der Waals surface area contributed by atoms with Crippen LogP contribution in [0, 0.1) is 13.8 Å². The predicted octanol–water partition coefficient (Wildman–Crippen LogP) is 21.4. The number of hydrogen-bond donors (Lipinski definition) is 5. The van der Waals surface area contributed by atoms with Gasteiger partial charge < -0.3 is 24.9 Å². The molecule has 1 amide bonds. The molecule has 2 aliphatic carbocycles. The van der Waals surface area contributed by atoms with Crippen LogP contribution in [0.4, 0.5) is 17.1 Å². The van der Waals surface area contributed by atoms with Gasteiger partial charge in [-0.25, -0.2) is 4.98 Å². The largest absolute Gasteiger partial charge is 0.374 e. The summed E-state index contributed by atoms with van der Waals surface area (Å²) in [5, 5.41) is 7.87. The Labute approximate surface area is 652 Å². The summed E-state index contributed by atoms with van der Waals surface area (Å²) in [5.74, 6) is -0.973. The fraction of sp³-hybridized carbons (Fsp3) is 0.396. The molecule has 8 aromatic rings. The molecule has 110 heavy (non-hydrogen) atoms. The van der Waals surface area contributed by atoms with E-state index in [2.05, 4.69) is 221 Å². The molecule has 5 aromatic carbocycles. The Morgan fingerprint density at radius 2 is 1.45 bits per heavy atom. The fourth-order valence-corrected chi connectivity index (χ4v) is 20.4. The highest BCUT2D eigenvalue weighted by molar-refractivity contribution is 8.03. The summed E-state index contributed by atoms with van der Waals surface area (Å²) in [5.41, 5.74) is 22.8. The highest BCUT2D eigenvalue weighted by Crippen LogP contribution is 2.53. The number of benzene rings is 5. The van der Waals surface area contributed by atoms with Crippen LogP contribution >= 0.6 is 11.8 Å². The Hall–Kier alpha value is -8.82. The lowest BCUT2D eigenvalue weighted by atomic mass is 9.78. The highest BCUT2D eigenvalue weighted by atomic mass is 32.2. The number of nitrogens with one attached hydrogen (secondary N) is 3. The normalized spacial score (nSPS) is 18.6. The summed E-state index contributed by atoms with van der Waals surface area (Å²) in [6.07, 6.45) is 19.3. The van der Waals surface area contributed by atoms with Gasteiger partial charge in [-0.05, 0) is 221 Å². The highest BCUT2D eigenvalue weighted by Gasteiger charge is 2.46. The summed E-state index contributed by atoms with van der Waals surface area (Å²) in [7, 11) is -8.28. The number of H-pyrrole nitrogens is 2. The average molecular weight is 1540 g/mol. The number of anilines is 2. The molecule has 0 fully saturated rings. The van der Waals surface area contributed by atoms with Gasteiger partial charge in [0.2, 0.25) is 11.6 Å². The van der Waals surface area contributed by atoms with Crippen LogP contribution in [0.5, 0.6) is 0 Å². The molecule has 574 valence electrons. The molecular weight excluding hydrogens is 1430 g/mol. The number of allylic oxidation sites excluding steroid dienone is 9. The van der Waals surface area contributed by atoms with Crippen molar-refractivity contribution >= 4 is 121 Å². The number of aromatic nitrogens is 4. The zero-order chi connectivity index (χ0) is 77.7. The SMILES string of the molecule is CCCCCCOC(C)c1c(C)c2cc3nc(c4c5[nH]c(cc6nc(cc1[nH]2)C(C)=C6CC)c(C)c5C(=O)C4)C(CCC(=O)Nc1ccc(SC2=C(C=CC4=[N+](CCCCS(=O)(=O)O)c5ccc6ccccc6c5C4(C)C)CCCC2=CC=C2N(CCCCS(=O)(=O)O)c4ccc5ccccc5c4C2(C)C)cc1)C3C. The number of ketones is 1. The number of Topliss-reactive ketones (excluding diaryl/α,β-unsaturated/α-hetero) is 1. The lowest BCUT2D eigenvalue weighted by Crippen LogP contribution is -2.28. The van der Waals surface area contributed by atoms with Gasteiger partial charge in [0.15, 0.2) is 11.5 Å². The maximum absolute atomic E-state index is 14.6. The third-order valence-corrected chi connectivity index (χ3v) is 26.7. The number of carbonyl (C=O) groups is 2. The Morgan fingerprint density at radius 3 is 2.16 bits per heavy atom. The van der Waals surface area contributed by atoms with Crippen LogP contribution in [-0.4, -0.2) is 99.1 Å². The third kappa shape index (κ3) is 15.6. The molecule has 6 aliphatic rings. The van der Waals surface area contributed by atoms with E-state index in [1.54, 1.807) is 11.8 Å². The summed E-state index contributed by atoms with van der Waals surface area (Å²) >= 11 is 1.70. The summed E-state index contributed by atoms with van der Waals surface area (Å²) in [6.45, 7) is 25.9. The van der Waals surface area contributed by atoms with Crippen molar-refractivity contribution in [2.24, 2.45) is 0 Å². The van der Waals surface area contributed by atoms with Crippen LogP contribution in [0.1, 0.15) is 237 Å². The van der Waals surface area contributed by atoms with Gasteiger partial charge in [0.25, 0.3) is 20.2 Å². The Balaban J connectivity index is 0.793. The van der Waals surface area contributed by atoms with Crippen LogP contribution < -0.4 is 10.2 Å².